The van der Waals surface area contributed by atoms with Gasteiger partial charge in [0.1, 0.15) is 5.60 Å². The number of rotatable bonds is 9. The number of carbonyl (C=O) groups excluding carboxylic acids is 2. The Labute approximate surface area is 203 Å². The third-order valence-electron chi connectivity index (χ3n) is 5.43. The van der Waals surface area contributed by atoms with Crippen LogP contribution in [0.5, 0.6) is 11.5 Å². The zero-order chi connectivity index (χ0) is 24.1. The van der Waals surface area contributed by atoms with E-state index in [-0.39, 0.29) is 24.0 Å². The number of anilines is 1. The third kappa shape index (κ3) is 6.14. The van der Waals surface area contributed by atoms with E-state index >= 15 is 0 Å². The second-order valence-electron chi connectivity index (χ2n) is 8.94. The molecule has 4 rings (SSSR count). The fourth-order valence-electron chi connectivity index (χ4n) is 3.86. The minimum absolute atomic E-state index is 0.00466. The molecule has 7 nitrogen and oxygen atoms in total. The van der Waals surface area contributed by atoms with Crippen LogP contribution in [0.25, 0.3) is 11.3 Å². The summed E-state index contributed by atoms with van der Waals surface area (Å²) in [4.78, 5) is 27.9. The van der Waals surface area contributed by atoms with Gasteiger partial charge in [0.15, 0.2) is 23.2 Å². The Bertz CT molecular complexity index is 1170. The number of nitrogens with one attached hydrogen (secondary N) is 2. The fourth-order valence-corrected chi connectivity index (χ4v) is 4.60. The zero-order valence-electron chi connectivity index (χ0n) is 19.6. The van der Waals surface area contributed by atoms with E-state index < -0.39 is 0 Å². The summed E-state index contributed by atoms with van der Waals surface area (Å²) in [6.07, 6.45) is 2.60. The van der Waals surface area contributed by atoms with Crippen molar-refractivity contribution < 1.29 is 19.1 Å². The average Bonchev–Trinajstić information content (AvgIpc) is 3.38. The van der Waals surface area contributed by atoms with Gasteiger partial charge in [-0.15, -0.1) is 11.3 Å². The van der Waals surface area contributed by atoms with Gasteiger partial charge in [-0.25, -0.2) is 4.98 Å². The number of amides is 2. The minimum atomic E-state index is -0.273. The molecule has 2 amide bonds. The first-order valence-electron chi connectivity index (χ1n) is 11.3. The van der Waals surface area contributed by atoms with Crippen molar-refractivity contribution in [1.29, 1.82) is 0 Å². The number of thiazole rings is 1. The largest absolute Gasteiger partial charge is 0.483 e. The van der Waals surface area contributed by atoms with Crippen LogP contribution in [-0.2, 0) is 22.4 Å². The number of para-hydroxylation sites is 1. The van der Waals surface area contributed by atoms with Crippen molar-refractivity contribution in [1.82, 2.24) is 10.3 Å². The first kappa shape index (κ1) is 23.8. The van der Waals surface area contributed by atoms with Crippen molar-refractivity contribution in [2.24, 2.45) is 0 Å². The maximum absolute atomic E-state index is 12.4. The topological polar surface area (TPSA) is 89.6 Å². The summed E-state index contributed by atoms with van der Waals surface area (Å²) in [6.45, 7) is 6.14. The van der Waals surface area contributed by atoms with Crippen molar-refractivity contribution in [3.8, 4) is 22.8 Å². The van der Waals surface area contributed by atoms with E-state index in [1.54, 1.807) is 0 Å². The SMILES string of the molecule is CC(=O)NCCCc1ccc(-c2csc(NC(=O)COc3cccc4c3OC(C)(C)C4)n2)cc1. The van der Waals surface area contributed by atoms with Crippen molar-refractivity contribution in [2.75, 3.05) is 18.5 Å². The quantitative estimate of drug-likeness (QED) is 0.438. The van der Waals surface area contributed by atoms with Crippen molar-refractivity contribution >= 4 is 28.3 Å². The van der Waals surface area contributed by atoms with Crippen molar-refractivity contribution in [2.45, 2.75) is 45.6 Å². The number of hydrogen-bond acceptors (Lipinski definition) is 6. The highest BCUT2D eigenvalue weighted by Gasteiger charge is 2.32. The molecule has 0 unspecified atom stereocenters. The monoisotopic (exact) mass is 479 g/mol. The number of nitrogens with zero attached hydrogens (tertiary/aromatic N) is 1. The van der Waals surface area contributed by atoms with Gasteiger partial charge in [-0.2, -0.15) is 0 Å². The van der Waals surface area contributed by atoms with Gasteiger partial charge in [-0.3, -0.25) is 14.9 Å². The van der Waals surface area contributed by atoms with E-state index in [9.17, 15) is 9.59 Å². The van der Waals surface area contributed by atoms with Gasteiger partial charge < -0.3 is 14.8 Å². The molecule has 2 heterocycles. The number of aromatic nitrogens is 1. The maximum atomic E-state index is 12.4. The second-order valence-corrected chi connectivity index (χ2v) is 9.80. The minimum Gasteiger partial charge on any atom is -0.483 e. The van der Waals surface area contributed by atoms with Gasteiger partial charge in [0.2, 0.25) is 5.91 Å². The molecule has 3 aromatic rings. The standard InChI is InChI=1S/C26H29N3O4S/c1-17(30)27-13-5-6-18-9-11-19(12-10-18)21-16-34-25(28-21)29-23(31)15-32-22-8-4-7-20-14-26(2,3)33-24(20)22/h4,7-12,16H,5-6,13-15H2,1-3H3,(H,27,30)(H,28,29,31). The Balaban J connectivity index is 1.28. The molecule has 0 saturated heterocycles. The average molecular weight is 480 g/mol. The van der Waals surface area contributed by atoms with E-state index in [1.807, 2.05) is 49.6 Å². The molecule has 34 heavy (non-hydrogen) atoms. The maximum Gasteiger partial charge on any atom is 0.264 e. The fraction of sp³-hybridized carbons (Fsp3) is 0.346. The molecule has 0 atom stereocenters. The molecule has 1 aliphatic rings. The number of carbonyl (C=O) groups is 2. The molecule has 2 N–H and O–H groups in total. The van der Waals surface area contributed by atoms with E-state index in [4.69, 9.17) is 9.47 Å². The molecule has 0 saturated carbocycles. The van der Waals surface area contributed by atoms with Gasteiger partial charge in [0.25, 0.3) is 5.91 Å². The van der Waals surface area contributed by atoms with Crippen LogP contribution >= 0.6 is 11.3 Å². The van der Waals surface area contributed by atoms with Crippen molar-refractivity contribution in [3.63, 3.8) is 0 Å². The molecule has 0 fully saturated rings. The van der Waals surface area contributed by atoms with Crippen LogP contribution < -0.4 is 20.1 Å². The van der Waals surface area contributed by atoms with Gasteiger partial charge in [0, 0.05) is 36.4 Å². The molecule has 1 aromatic heterocycles. The molecule has 0 spiro atoms. The molecule has 2 aromatic carbocycles. The first-order chi connectivity index (χ1) is 16.3. The van der Waals surface area contributed by atoms with Gasteiger partial charge >= 0.3 is 0 Å². The summed E-state index contributed by atoms with van der Waals surface area (Å²) in [5.41, 5.74) is 3.81. The predicted molar refractivity (Wildman–Crippen MR) is 134 cm³/mol. The number of benzene rings is 2. The van der Waals surface area contributed by atoms with Crippen molar-refractivity contribution in [3.05, 3.63) is 59.0 Å². The van der Waals surface area contributed by atoms with Crippen LogP contribution in [0.4, 0.5) is 5.13 Å². The lowest BCUT2D eigenvalue weighted by atomic mass is 10.0. The Morgan fingerprint density at radius 1 is 1.18 bits per heavy atom. The molecule has 0 radical (unpaired) electrons. The Morgan fingerprint density at radius 2 is 1.97 bits per heavy atom. The van der Waals surface area contributed by atoms with Gasteiger partial charge in [-0.05, 0) is 38.3 Å². The highest BCUT2D eigenvalue weighted by Crippen LogP contribution is 2.41. The van der Waals surface area contributed by atoms with Gasteiger partial charge in [0.05, 0.1) is 5.69 Å². The number of fused-ring (bicyclic) bond motifs is 1. The molecule has 0 aliphatic carbocycles. The van der Waals surface area contributed by atoms with Crippen LogP contribution in [0.3, 0.4) is 0 Å². The van der Waals surface area contributed by atoms with E-state index in [1.165, 1.54) is 23.8 Å². The molecular formula is C26H29N3O4S. The van der Waals surface area contributed by atoms with Crippen LogP contribution in [0.1, 0.15) is 38.3 Å². The zero-order valence-corrected chi connectivity index (χ0v) is 20.5. The van der Waals surface area contributed by atoms with Crippen LogP contribution in [0, 0.1) is 0 Å². The number of ether oxygens (including phenoxy) is 2. The third-order valence-corrected chi connectivity index (χ3v) is 6.19. The molecule has 1 aliphatic heterocycles. The van der Waals surface area contributed by atoms with Gasteiger partial charge in [-0.1, -0.05) is 36.4 Å². The lowest BCUT2D eigenvalue weighted by molar-refractivity contribution is -0.119. The summed E-state index contributed by atoms with van der Waals surface area (Å²) < 4.78 is 11.7. The smallest absolute Gasteiger partial charge is 0.264 e. The van der Waals surface area contributed by atoms with Crippen LogP contribution in [0.15, 0.2) is 47.8 Å². The Hall–Kier alpha value is -3.39. The molecular weight excluding hydrogens is 450 g/mol. The predicted octanol–water partition coefficient (Wildman–Crippen LogP) is 4.61. The van der Waals surface area contributed by atoms with Crippen LogP contribution in [-0.4, -0.2) is 35.6 Å². The normalized spacial score (nSPS) is 13.6. The highest BCUT2D eigenvalue weighted by atomic mass is 32.1. The summed E-state index contributed by atoms with van der Waals surface area (Å²) in [5.74, 6) is 1.02. The number of hydrogen-bond donors (Lipinski definition) is 2. The first-order valence-corrected chi connectivity index (χ1v) is 12.2. The second kappa shape index (κ2) is 10.3. The lowest BCUT2D eigenvalue weighted by Gasteiger charge is -2.18. The number of aryl methyl sites for hydroxylation is 1. The summed E-state index contributed by atoms with van der Waals surface area (Å²) in [5, 5.41) is 8.06. The van der Waals surface area contributed by atoms with E-state index in [2.05, 4.69) is 27.8 Å². The van der Waals surface area contributed by atoms with Crippen LogP contribution in [0.2, 0.25) is 0 Å². The molecule has 178 valence electrons. The van der Waals surface area contributed by atoms with E-state index in [0.29, 0.717) is 17.4 Å². The highest BCUT2D eigenvalue weighted by molar-refractivity contribution is 7.14. The van der Waals surface area contributed by atoms with E-state index in [0.717, 1.165) is 41.8 Å². The Kier molecular flexibility index (Phi) is 7.17. The summed E-state index contributed by atoms with van der Waals surface area (Å²) >= 11 is 1.37. The summed E-state index contributed by atoms with van der Waals surface area (Å²) in [7, 11) is 0. The molecule has 0 bridgehead atoms. The summed E-state index contributed by atoms with van der Waals surface area (Å²) in [6, 6.07) is 13.9. The molecule has 8 heteroatoms. The lowest BCUT2D eigenvalue weighted by Crippen LogP contribution is -2.25. The Morgan fingerprint density at radius 3 is 2.74 bits per heavy atom.